The van der Waals surface area contributed by atoms with E-state index < -0.39 is 11.8 Å². The van der Waals surface area contributed by atoms with Crippen LogP contribution in [-0.2, 0) is 29.6 Å². The molecule has 0 saturated heterocycles. The smallest absolute Gasteiger partial charge is 0.313 e. The Morgan fingerprint density at radius 1 is 1.00 bits per heavy atom. The fraction of sp³-hybridized carbons (Fsp3) is 0.308. The molecule has 3 aromatic rings. The van der Waals surface area contributed by atoms with E-state index in [1.165, 1.54) is 11.1 Å². The van der Waals surface area contributed by atoms with Crippen molar-refractivity contribution in [3.63, 3.8) is 0 Å². The maximum absolute atomic E-state index is 12.6. The fourth-order valence-electron chi connectivity index (χ4n) is 4.34. The second-order valence-corrected chi connectivity index (χ2v) is 8.53. The normalized spacial score (nSPS) is 14.5. The van der Waals surface area contributed by atoms with E-state index in [0.29, 0.717) is 12.2 Å². The number of nitrogens with one attached hydrogen (secondary N) is 2. The second kappa shape index (κ2) is 9.40. The van der Waals surface area contributed by atoms with Crippen molar-refractivity contribution in [2.75, 3.05) is 18.4 Å². The van der Waals surface area contributed by atoms with Gasteiger partial charge >= 0.3 is 11.8 Å². The highest BCUT2D eigenvalue weighted by atomic mass is 16.2. The van der Waals surface area contributed by atoms with E-state index in [-0.39, 0.29) is 6.04 Å². The van der Waals surface area contributed by atoms with Crippen LogP contribution >= 0.6 is 0 Å². The standard InChI is InChI=1S/C26H30N4O2/c1-18-10-11-19(2)22(15-18)28-26(32)25(31)27-16-24(23-9-6-13-29(23)3)30-14-12-20-7-4-5-8-21(20)17-30/h4-11,13,15,24H,12,14,16-17H2,1-3H3,(H,27,31)(H,28,32)/t24-/m0/s1. The monoisotopic (exact) mass is 430 g/mol. The first kappa shape index (κ1) is 21.8. The Morgan fingerprint density at radius 3 is 2.53 bits per heavy atom. The van der Waals surface area contributed by atoms with Crippen LogP contribution in [0.15, 0.2) is 60.8 Å². The predicted octanol–water partition coefficient (Wildman–Crippen LogP) is 3.50. The molecule has 0 aliphatic carbocycles. The van der Waals surface area contributed by atoms with Crippen molar-refractivity contribution in [2.24, 2.45) is 7.05 Å². The molecule has 1 atom stereocenters. The highest BCUT2D eigenvalue weighted by Gasteiger charge is 2.27. The number of nitrogens with zero attached hydrogens (tertiary/aromatic N) is 2. The summed E-state index contributed by atoms with van der Waals surface area (Å²) in [5.74, 6) is -1.27. The van der Waals surface area contributed by atoms with Gasteiger partial charge in [0.15, 0.2) is 0 Å². The molecule has 2 heterocycles. The summed E-state index contributed by atoms with van der Waals surface area (Å²) < 4.78 is 2.08. The zero-order chi connectivity index (χ0) is 22.7. The topological polar surface area (TPSA) is 66.4 Å². The Kier molecular flexibility index (Phi) is 6.42. The maximum atomic E-state index is 12.6. The molecule has 6 nitrogen and oxygen atoms in total. The Labute approximate surface area is 189 Å². The third kappa shape index (κ3) is 4.75. The summed E-state index contributed by atoms with van der Waals surface area (Å²) >= 11 is 0. The molecule has 2 amide bonds. The summed E-state index contributed by atoms with van der Waals surface area (Å²) in [6.45, 7) is 5.94. The Bertz CT molecular complexity index is 1130. The van der Waals surface area contributed by atoms with Crippen molar-refractivity contribution < 1.29 is 9.59 Å². The first-order valence-electron chi connectivity index (χ1n) is 11.0. The number of hydrogen-bond acceptors (Lipinski definition) is 3. The molecule has 2 N–H and O–H groups in total. The van der Waals surface area contributed by atoms with Crippen LogP contribution in [0.2, 0.25) is 0 Å². The SMILES string of the molecule is Cc1ccc(C)c(NC(=O)C(=O)NC[C@@H](c2cccn2C)N2CCc3ccccc3C2)c1. The largest absolute Gasteiger partial charge is 0.353 e. The molecule has 0 bridgehead atoms. The van der Waals surface area contributed by atoms with E-state index in [1.54, 1.807) is 0 Å². The van der Waals surface area contributed by atoms with E-state index in [0.717, 1.165) is 36.3 Å². The van der Waals surface area contributed by atoms with Crippen LogP contribution < -0.4 is 10.6 Å². The number of carbonyl (C=O) groups is 2. The average molecular weight is 431 g/mol. The van der Waals surface area contributed by atoms with Gasteiger partial charge in [-0.2, -0.15) is 0 Å². The Hall–Kier alpha value is -3.38. The molecule has 6 heteroatoms. The second-order valence-electron chi connectivity index (χ2n) is 8.53. The lowest BCUT2D eigenvalue weighted by molar-refractivity contribution is -0.136. The van der Waals surface area contributed by atoms with E-state index in [1.807, 2.05) is 51.4 Å². The van der Waals surface area contributed by atoms with E-state index in [9.17, 15) is 9.59 Å². The zero-order valence-corrected chi connectivity index (χ0v) is 18.9. The molecule has 0 saturated carbocycles. The van der Waals surface area contributed by atoms with E-state index in [2.05, 4.69) is 50.4 Å². The van der Waals surface area contributed by atoms with Gasteiger partial charge in [0.1, 0.15) is 0 Å². The average Bonchev–Trinajstić information content (AvgIpc) is 3.21. The van der Waals surface area contributed by atoms with Crippen LogP contribution in [0.5, 0.6) is 0 Å². The van der Waals surface area contributed by atoms with Gasteiger partial charge in [-0.05, 0) is 60.7 Å². The lowest BCUT2D eigenvalue weighted by Crippen LogP contribution is -2.44. The minimum Gasteiger partial charge on any atom is -0.353 e. The highest BCUT2D eigenvalue weighted by molar-refractivity contribution is 6.39. The van der Waals surface area contributed by atoms with Gasteiger partial charge in [-0.15, -0.1) is 0 Å². The molecule has 166 valence electrons. The third-order valence-corrected chi connectivity index (χ3v) is 6.23. The molecule has 4 rings (SSSR count). The number of hydrogen-bond donors (Lipinski definition) is 2. The summed E-state index contributed by atoms with van der Waals surface area (Å²) in [5, 5.41) is 5.61. The van der Waals surface area contributed by atoms with Gasteiger partial charge in [0.2, 0.25) is 0 Å². The summed E-state index contributed by atoms with van der Waals surface area (Å²) in [6.07, 6.45) is 2.98. The number of anilines is 1. The maximum Gasteiger partial charge on any atom is 0.313 e. The van der Waals surface area contributed by atoms with Gasteiger partial charge in [-0.25, -0.2) is 0 Å². The molecular formula is C26H30N4O2. The summed E-state index contributed by atoms with van der Waals surface area (Å²) in [7, 11) is 2.01. The van der Waals surface area contributed by atoms with Gasteiger partial charge in [-0.1, -0.05) is 36.4 Å². The Balaban J connectivity index is 1.46. The lowest BCUT2D eigenvalue weighted by Gasteiger charge is -2.36. The van der Waals surface area contributed by atoms with Crippen molar-refractivity contribution in [2.45, 2.75) is 32.9 Å². The number of rotatable bonds is 5. The number of benzene rings is 2. The van der Waals surface area contributed by atoms with Gasteiger partial charge in [0.05, 0.1) is 6.04 Å². The quantitative estimate of drug-likeness (QED) is 0.609. The van der Waals surface area contributed by atoms with Crippen molar-refractivity contribution in [1.29, 1.82) is 0 Å². The fourth-order valence-corrected chi connectivity index (χ4v) is 4.34. The van der Waals surface area contributed by atoms with Crippen LogP contribution in [0.4, 0.5) is 5.69 Å². The molecule has 0 radical (unpaired) electrons. The van der Waals surface area contributed by atoms with E-state index >= 15 is 0 Å². The molecule has 1 aromatic heterocycles. The predicted molar refractivity (Wildman–Crippen MR) is 126 cm³/mol. The van der Waals surface area contributed by atoms with Crippen LogP contribution in [-0.4, -0.2) is 34.4 Å². The first-order valence-corrected chi connectivity index (χ1v) is 11.0. The molecule has 0 fully saturated rings. The summed E-state index contributed by atoms with van der Waals surface area (Å²) in [4.78, 5) is 27.6. The minimum atomic E-state index is -0.645. The van der Waals surface area contributed by atoms with Gasteiger partial charge in [0, 0.05) is 44.3 Å². The molecule has 1 aliphatic rings. The van der Waals surface area contributed by atoms with Crippen molar-refractivity contribution in [3.05, 3.63) is 88.7 Å². The van der Waals surface area contributed by atoms with Crippen molar-refractivity contribution in [3.8, 4) is 0 Å². The number of amides is 2. The van der Waals surface area contributed by atoms with Gasteiger partial charge < -0.3 is 15.2 Å². The van der Waals surface area contributed by atoms with Crippen LogP contribution in [0.1, 0.15) is 34.0 Å². The first-order chi connectivity index (χ1) is 15.4. The number of aryl methyl sites for hydroxylation is 3. The molecule has 0 spiro atoms. The zero-order valence-electron chi connectivity index (χ0n) is 18.9. The van der Waals surface area contributed by atoms with E-state index in [4.69, 9.17) is 0 Å². The van der Waals surface area contributed by atoms with Crippen molar-refractivity contribution >= 4 is 17.5 Å². The van der Waals surface area contributed by atoms with Crippen LogP contribution in [0.25, 0.3) is 0 Å². The molecule has 32 heavy (non-hydrogen) atoms. The number of fused-ring (bicyclic) bond motifs is 1. The molecule has 1 aliphatic heterocycles. The van der Waals surface area contributed by atoms with Gasteiger partial charge in [-0.3, -0.25) is 14.5 Å². The summed E-state index contributed by atoms with van der Waals surface area (Å²) in [6, 6.07) is 18.3. The lowest BCUT2D eigenvalue weighted by atomic mass is 9.98. The highest BCUT2D eigenvalue weighted by Crippen LogP contribution is 2.27. The van der Waals surface area contributed by atoms with Crippen LogP contribution in [0.3, 0.4) is 0 Å². The number of aromatic nitrogens is 1. The number of carbonyl (C=O) groups excluding carboxylic acids is 2. The molecule has 0 unspecified atom stereocenters. The molecule has 2 aromatic carbocycles. The Morgan fingerprint density at radius 2 is 1.78 bits per heavy atom. The summed E-state index contributed by atoms with van der Waals surface area (Å²) in [5.41, 5.74) is 6.42. The molecular weight excluding hydrogens is 400 g/mol. The third-order valence-electron chi connectivity index (χ3n) is 6.23. The van der Waals surface area contributed by atoms with Gasteiger partial charge in [0.25, 0.3) is 0 Å². The van der Waals surface area contributed by atoms with Crippen molar-refractivity contribution in [1.82, 2.24) is 14.8 Å². The minimum absolute atomic E-state index is 0.0270. The van der Waals surface area contributed by atoms with Crippen LogP contribution in [0, 0.1) is 13.8 Å².